The predicted molar refractivity (Wildman–Crippen MR) is 59.1 cm³/mol. The third kappa shape index (κ3) is 1.54. The standard InChI is InChI=1S/C11H13N3O/c1-7-8(2)13-14(11(7)12)9-4-3-5-10(15)6-9/h3-6,15H,12H2,1-2H3. The lowest BCUT2D eigenvalue weighted by Crippen LogP contribution is -2.01. The molecule has 0 aliphatic rings. The van der Waals surface area contributed by atoms with Gasteiger partial charge < -0.3 is 10.8 Å². The number of nitrogens with two attached hydrogens (primary N) is 1. The number of hydrogen-bond donors (Lipinski definition) is 2. The van der Waals surface area contributed by atoms with Gasteiger partial charge in [-0.1, -0.05) is 6.07 Å². The van der Waals surface area contributed by atoms with Crippen molar-refractivity contribution in [1.29, 1.82) is 0 Å². The molecule has 0 saturated carbocycles. The van der Waals surface area contributed by atoms with E-state index < -0.39 is 0 Å². The molecule has 0 bridgehead atoms. The Balaban J connectivity index is 2.59. The fourth-order valence-corrected chi connectivity index (χ4v) is 1.44. The highest BCUT2D eigenvalue weighted by Gasteiger charge is 2.09. The maximum Gasteiger partial charge on any atom is 0.130 e. The molecule has 0 unspecified atom stereocenters. The zero-order valence-electron chi connectivity index (χ0n) is 8.73. The van der Waals surface area contributed by atoms with Crippen LogP contribution in [0.3, 0.4) is 0 Å². The van der Waals surface area contributed by atoms with Crippen LogP contribution in [0.15, 0.2) is 24.3 Å². The number of anilines is 1. The van der Waals surface area contributed by atoms with E-state index in [-0.39, 0.29) is 5.75 Å². The summed E-state index contributed by atoms with van der Waals surface area (Å²) in [5.74, 6) is 0.816. The number of nitrogens with zero attached hydrogens (tertiary/aromatic N) is 2. The van der Waals surface area contributed by atoms with Gasteiger partial charge in [0.2, 0.25) is 0 Å². The SMILES string of the molecule is Cc1nn(-c2cccc(O)c2)c(N)c1C. The number of phenolic OH excluding ortho intramolecular Hbond substituents is 1. The number of nitrogen functional groups attached to an aromatic ring is 1. The summed E-state index contributed by atoms with van der Waals surface area (Å²) in [6, 6.07) is 6.85. The summed E-state index contributed by atoms with van der Waals surface area (Å²) in [4.78, 5) is 0. The number of phenols is 1. The Bertz CT molecular complexity index is 503. The Morgan fingerprint density at radius 2 is 2.07 bits per heavy atom. The average molecular weight is 203 g/mol. The van der Waals surface area contributed by atoms with Gasteiger partial charge >= 0.3 is 0 Å². The topological polar surface area (TPSA) is 64.1 Å². The molecule has 2 rings (SSSR count). The van der Waals surface area contributed by atoms with Crippen LogP contribution in [0.5, 0.6) is 5.75 Å². The number of aromatic hydroxyl groups is 1. The number of aromatic nitrogens is 2. The Morgan fingerprint density at radius 1 is 1.33 bits per heavy atom. The highest BCUT2D eigenvalue weighted by molar-refractivity contribution is 5.50. The monoisotopic (exact) mass is 203 g/mol. The number of aryl methyl sites for hydroxylation is 1. The molecule has 15 heavy (non-hydrogen) atoms. The lowest BCUT2D eigenvalue weighted by Gasteiger charge is -2.04. The fraction of sp³-hybridized carbons (Fsp3) is 0.182. The van der Waals surface area contributed by atoms with Crippen molar-refractivity contribution in [3.05, 3.63) is 35.5 Å². The van der Waals surface area contributed by atoms with Gasteiger partial charge in [0.25, 0.3) is 0 Å². The second-order valence-corrected chi connectivity index (χ2v) is 3.53. The number of rotatable bonds is 1. The van der Waals surface area contributed by atoms with E-state index in [9.17, 15) is 5.11 Å². The molecule has 0 spiro atoms. The molecule has 1 aromatic heterocycles. The van der Waals surface area contributed by atoms with Crippen LogP contribution >= 0.6 is 0 Å². The molecule has 4 nitrogen and oxygen atoms in total. The summed E-state index contributed by atoms with van der Waals surface area (Å²) in [6.45, 7) is 3.84. The van der Waals surface area contributed by atoms with Crippen molar-refractivity contribution in [1.82, 2.24) is 9.78 Å². The zero-order chi connectivity index (χ0) is 11.0. The summed E-state index contributed by atoms with van der Waals surface area (Å²) in [6.07, 6.45) is 0. The van der Waals surface area contributed by atoms with Gasteiger partial charge in [0.05, 0.1) is 11.4 Å². The minimum absolute atomic E-state index is 0.206. The highest BCUT2D eigenvalue weighted by Crippen LogP contribution is 2.21. The van der Waals surface area contributed by atoms with Crippen molar-refractivity contribution in [2.75, 3.05) is 5.73 Å². The van der Waals surface area contributed by atoms with Gasteiger partial charge in [-0.3, -0.25) is 0 Å². The molecule has 0 saturated heterocycles. The molecule has 0 amide bonds. The van der Waals surface area contributed by atoms with E-state index in [0.29, 0.717) is 5.82 Å². The quantitative estimate of drug-likeness (QED) is 0.742. The zero-order valence-corrected chi connectivity index (χ0v) is 8.73. The van der Waals surface area contributed by atoms with Gasteiger partial charge in [0.1, 0.15) is 11.6 Å². The maximum atomic E-state index is 9.36. The highest BCUT2D eigenvalue weighted by atomic mass is 16.3. The summed E-state index contributed by atoms with van der Waals surface area (Å²) in [5, 5.41) is 13.7. The minimum Gasteiger partial charge on any atom is -0.508 e. The molecule has 3 N–H and O–H groups in total. The molecule has 78 valence electrons. The molecular weight excluding hydrogens is 190 g/mol. The summed E-state index contributed by atoms with van der Waals surface area (Å²) >= 11 is 0. The molecular formula is C11H13N3O. The molecule has 0 aliphatic heterocycles. The van der Waals surface area contributed by atoms with Gasteiger partial charge in [-0.25, -0.2) is 4.68 Å². The maximum absolute atomic E-state index is 9.36. The smallest absolute Gasteiger partial charge is 0.130 e. The van der Waals surface area contributed by atoms with Crippen LogP contribution < -0.4 is 5.73 Å². The molecule has 1 heterocycles. The first-order valence-electron chi connectivity index (χ1n) is 4.70. The molecule has 1 aromatic carbocycles. The van der Waals surface area contributed by atoms with Crippen molar-refractivity contribution in [3.8, 4) is 11.4 Å². The van der Waals surface area contributed by atoms with E-state index in [1.807, 2.05) is 19.9 Å². The van der Waals surface area contributed by atoms with E-state index in [4.69, 9.17) is 5.73 Å². The molecule has 2 aromatic rings. The number of benzene rings is 1. The van der Waals surface area contributed by atoms with Crippen molar-refractivity contribution >= 4 is 5.82 Å². The van der Waals surface area contributed by atoms with Gasteiger partial charge in [-0.15, -0.1) is 0 Å². The first-order chi connectivity index (χ1) is 7.09. The first-order valence-corrected chi connectivity index (χ1v) is 4.70. The molecule has 4 heteroatoms. The van der Waals surface area contributed by atoms with Gasteiger partial charge in [-0.2, -0.15) is 5.10 Å². The Hall–Kier alpha value is -1.97. The van der Waals surface area contributed by atoms with Crippen LogP contribution in [-0.2, 0) is 0 Å². The predicted octanol–water partition coefficient (Wildman–Crippen LogP) is 1.78. The molecule has 0 atom stereocenters. The van der Waals surface area contributed by atoms with Gasteiger partial charge in [0.15, 0.2) is 0 Å². The lowest BCUT2D eigenvalue weighted by molar-refractivity contribution is 0.475. The lowest BCUT2D eigenvalue weighted by atomic mass is 10.2. The van der Waals surface area contributed by atoms with Crippen LogP contribution in [0.2, 0.25) is 0 Å². The molecule has 0 fully saturated rings. The Morgan fingerprint density at radius 3 is 2.60 bits per heavy atom. The Kier molecular flexibility index (Phi) is 2.11. The third-order valence-corrected chi connectivity index (χ3v) is 2.48. The third-order valence-electron chi connectivity index (χ3n) is 2.48. The molecule has 0 radical (unpaired) electrons. The number of hydrogen-bond acceptors (Lipinski definition) is 3. The minimum atomic E-state index is 0.206. The summed E-state index contributed by atoms with van der Waals surface area (Å²) < 4.78 is 1.63. The summed E-state index contributed by atoms with van der Waals surface area (Å²) in [7, 11) is 0. The van der Waals surface area contributed by atoms with E-state index in [2.05, 4.69) is 5.10 Å². The second-order valence-electron chi connectivity index (χ2n) is 3.53. The normalized spacial score (nSPS) is 10.5. The molecule has 0 aliphatic carbocycles. The van der Waals surface area contributed by atoms with Crippen LogP contribution in [0.1, 0.15) is 11.3 Å². The van der Waals surface area contributed by atoms with Gasteiger partial charge in [0, 0.05) is 11.6 Å². The van der Waals surface area contributed by atoms with E-state index in [1.165, 1.54) is 0 Å². The van der Waals surface area contributed by atoms with Crippen LogP contribution in [-0.4, -0.2) is 14.9 Å². The van der Waals surface area contributed by atoms with Crippen molar-refractivity contribution in [2.45, 2.75) is 13.8 Å². The average Bonchev–Trinajstić information content (AvgIpc) is 2.46. The van der Waals surface area contributed by atoms with Crippen molar-refractivity contribution in [3.63, 3.8) is 0 Å². The van der Waals surface area contributed by atoms with Crippen LogP contribution in [0, 0.1) is 13.8 Å². The van der Waals surface area contributed by atoms with Crippen LogP contribution in [0.25, 0.3) is 5.69 Å². The van der Waals surface area contributed by atoms with E-state index in [1.54, 1.807) is 22.9 Å². The van der Waals surface area contributed by atoms with Crippen molar-refractivity contribution < 1.29 is 5.11 Å². The van der Waals surface area contributed by atoms with E-state index in [0.717, 1.165) is 16.9 Å². The van der Waals surface area contributed by atoms with Gasteiger partial charge in [-0.05, 0) is 26.0 Å². The van der Waals surface area contributed by atoms with Crippen LogP contribution in [0.4, 0.5) is 5.82 Å². The first kappa shape index (κ1) is 9.58. The fourth-order valence-electron chi connectivity index (χ4n) is 1.44. The largest absolute Gasteiger partial charge is 0.508 e. The van der Waals surface area contributed by atoms with E-state index >= 15 is 0 Å². The second kappa shape index (κ2) is 3.31. The summed E-state index contributed by atoms with van der Waals surface area (Å²) in [5.41, 5.74) is 8.54. The Labute approximate surface area is 88.0 Å². The van der Waals surface area contributed by atoms with Crippen molar-refractivity contribution in [2.24, 2.45) is 0 Å².